The van der Waals surface area contributed by atoms with Gasteiger partial charge in [-0.3, -0.25) is 0 Å². The lowest BCUT2D eigenvalue weighted by molar-refractivity contribution is 0.481. The van der Waals surface area contributed by atoms with Crippen LogP contribution < -0.4 is 15.0 Å². The van der Waals surface area contributed by atoms with E-state index in [2.05, 4.69) is 42.3 Å². The van der Waals surface area contributed by atoms with Crippen LogP contribution in [-0.4, -0.2) is 20.1 Å². The number of anilines is 1. The predicted octanol–water partition coefficient (Wildman–Crippen LogP) is 4.04. The predicted molar refractivity (Wildman–Crippen MR) is 89.3 cm³/mol. The Morgan fingerprint density at radius 3 is 2.33 bits per heavy atom. The van der Waals surface area contributed by atoms with Crippen LogP contribution in [-0.2, 0) is 6.54 Å². The van der Waals surface area contributed by atoms with Gasteiger partial charge in [0.2, 0.25) is 0 Å². The van der Waals surface area contributed by atoms with Crippen LogP contribution in [0.2, 0.25) is 0 Å². The topological polar surface area (TPSA) is 24.5 Å². The van der Waals surface area contributed by atoms with E-state index in [1.807, 2.05) is 44.4 Å². The van der Waals surface area contributed by atoms with E-state index in [-0.39, 0.29) is 0 Å². The molecule has 0 aliphatic heterocycles. The Balaban J connectivity index is 2.09. The Labute approximate surface area is 127 Å². The lowest BCUT2D eigenvalue weighted by Crippen LogP contribution is -2.21. The first-order valence-electron chi connectivity index (χ1n) is 7.32. The molecule has 2 aromatic rings. The van der Waals surface area contributed by atoms with Crippen molar-refractivity contribution in [3.63, 3.8) is 0 Å². The van der Waals surface area contributed by atoms with E-state index in [9.17, 15) is 0 Å². The zero-order chi connectivity index (χ0) is 15.2. The summed E-state index contributed by atoms with van der Waals surface area (Å²) in [6, 6.07) is 16.8. The number of hydrogen-bond acceptors (Lipinski definition) is 3. The van der Waals surface area contributed by atoms with Crippen molar-refractivity contribution in [2.45, 2.75) is 26.4 Å². The van der Waals surface area contributed by atoms with Gasteiger partial charge in [-0.1, -0.05) is 32.0 Å². The molecule has 1 N–H and O–H groups in total. The molecule has 0 radical (unpaired) electrons. The second-order valence-electron chi connectivity index (χ2n) is 5.68. The van der Waals surface area contributed by atoms with Gasteiger partial charge in [0.1, 0.15) is 11.5 Å². The smallest absolute Gasteiger partial charge is 0.129 e. The fraction of sp³-hybridized carbons (Fsp3) is 0.333. The minimum Gasteiger partial charge on any atom is -0.457 e. The van der Waals surface area contributed by atoms with Gasteiger partial charge in [0, 0.05) is 38.4 Å². The van der Waals surface area contributed by atoms with Gasteiger partial charge < -0.3 is 15.0 Å². The second-order valence-corrected chi connectivity index (χ2v) is 5.68. The highest BCUT2D eigenvalue weighted by Crippen LogP contribution is 2.25. The molecule has 0 saturated heterocycles. The van der Waals surface area contributed by atoms with Crippen LogP contribution >= 0.6 is 0 Å². The van der Waals surface area contributed by atoms with Crippen molar-refractivity contribution in [2.24, 2.45) is 0 Å². The normalized spacial score (nSPS) is 10.7. The van der Waals surface area contributed by atoms with Crippen LogP contribution in [0.5, 0.6) is 11.5 Å². The molecule has 0 aromatic heterocycles. The van der Waals surface area contributed by atoms with Crippen molar-refractivity contribution < 1.29 is 4.74 Å². The van der Waals surface area contributed by atoms with Gasteiger partial charge in [0.05, 0.1) is 0 Å². The Kier molecular flexibility index (Phi) is 5.23. The zero-order valence-corrected chi connectivity index (χ0v) is 13.3. The minimum absolute atomic E-state index is 0.478. The molecule has 0 bridgehead atoms. The third-order valence-electron chi connectivity index (χ3n) is 3.18. The Morgan fingerprint density at radius 1 is 1.00 bits per heavy atom. The third kappa shape index (κ3) is 4.80. The van der Waals surface area contributed by atoms with Crippen LogP contribution in [0, 0.1) is 0 Å². The summed E-state index contributed by atoms with van der Waals surface area (Å²) in [5.41, 5.74) is 2.36. The summed E-state index contributed by atoms with van der Waals surface area (Å²) in [6.07, 6.45) is 0. The molecule has 0 atom stereocenters. The van der Waals surface area contributed by atoms with Gasteiger partial charge in [0.15, 0.2) is 0 Å². The largest absolute Gasteiger partial charge is 0.457 e. The molecule has 0 spiro atoms. The zero-order valence-electron chi connectivity index (χ0n) is 13.3. The molecule has 2 aromatic carbocycles. The standard InChI is InChI=1S/C18H24N2O/c1-14(2)19-13-15-7-5-9-17(11-15)21-18-10-6-8-16(12-18)20(3)4/h5-12,14,19H,13H2,1-4H3. The van der Waals surface area contributed by atoms with Crippen LogP contribution in [0.25, 0.3) is 0 Å². The molecule has 21 heavy (non-hydrogen) atoms. The summed E-state index contributed by atoms with van der Waals surface area (Å²) in [5.74, 6) is 1.73. The molecule has 0 aliphatic rings. The summed E-state index contributed by atoms with van der Waals surface area (Å²) in [7, 11) is 4.05. The number of nitrogens with one attached hydrogen (secondary N) is 1. The SMILES string of the molecule is CC(C)NCc1cccc(Oc2cccc(N(C)C)c2)c1. The molecule has 2 rings (SSSR count). The highest BCUT2D eigenvalue weighted by Gasteiger charge is 2.02. The number of rotatable bonds is 6. The fourth-order valence-electron chi connectivity index (χ4n) is 2.00. The van der Waals surface area contributed by atoms with E-state index in [0.717, 1.165) is 23.7 Å². The highest BCUT2D eigenvalue weighted by molar-refractivity contribution is 5.50. The van der Waals surface area contributed by atoms with Gasteiger partial charge in [-0.15, -0.1) is 0 Å². The van der Waals surface area contributed by atoms with Gasteiger partial charge in [-0.2, -0.15) is 0 Å². The van der Waals surface area contributed by atoms with Crippen molar-refractivity contribution in [1.29, 1.82) is 0 Å². The van der Waals surface area contributed by atoms with E-state index in [0.29, 0.717) is 6.04 Å². The van der Waals surface area contributed by atoms with Crippen molar-refractivity contribution in [3.05, 3.63) is 54.1 Å². The van der Waals surface area contributed by atoms with Gasteiger partial charge in [-0.05, 0) is 29.8 Å². The van der Waals surface area contributed by atoms with E-state index in [4.69, 9.17) is 4.74 Å². The van der Waals surface area contributed by atoms with Gasteiger partial charge >= 0.3 is 0 Å². The first-order chi connectivity index (χ1) is 10.0. The average molecular weight is 284 g/mol. The van der Waals surface area contributed by atoms with E-state index >= 15 is 0 Å². The summed E-state index contributed by atoms with van der Waals surface area (Å²) in [4.78, 5) is 2.07. The van der Waals surface area contributed by atoms with E-state index in [1.165, 1.54) is 5.56 Å². The molecule has 0 aliphatic carbocycles. The molecule has 0 fully saturated rings. The van der Waals surface area contributed by atoms with Gasteiger partial charge in [0.25, 0.3) is 0 Å². The monoisotopic (exact) mass is 284 g/mol. The maximum absolute atomic E-state index is 5.96. The summed E-state index contributed by atoms with van der Waals surface area (Å²) >= 11 is 0. The van der Waals surface area contributed by atoms with Crippen molar-refractivity contribution in [2.75, 3.05) is 19.0 Å². The lowest BCUT2D eigenvalue weighted by atomic mass is 10.2. The quantitative estimate of drug-likeness (QED) is 0.866. The van der Waals surface area contributed by atoms with Crippen molar-refractivity contribution in [3.8, 4) is 11.5 Å². The van der Waals surface area contributed by atoms with Crippen LogP contribution in [0.1, 0.15) is 19.4 Å². The number of nitrogens with zero attached hydrogens (tertiary/aromatic N) is 1. The van der Waals surface area contributed by atoms with Crippen molar-refractivity contribution >= 4 is 5.69 Å². The van der Waals surface area contributed by atoms with E-state index < -0.39 is 0 Å². The Bertz CT molecular complexity index is 579. The lowest BCUT2D eigenvalue weighted by Gasteiger charge is -2.14. The number of benzene rings is 2. The molecule has 0 saturated carbocycles. The summed E-state index contributed by atoms with van der Waals surface area (Å²) < 4.78 is 5.96. The number of ether oxygens (including phenoxy) is 1. The first kappa shape index (κ1) is 15.4. The summed E-state index contributed by atoms with van der Waals surface area (Å²) in [6.45, 7) is 5.15. The Morgan fingerprint density at radius 2 is 1.67 bits per heavy atom. The first-order valence-corrected chi connectivity index (χ1v) is 7.32. The number of hydrogen-bond donors (Lipinski definition) is 1. The summed E-state index contributed by atoms with van der Waals surface area (Å²) in [5, 5.41) is 3.41. The molecule has 0 amide bonds. The molecule has 0 heterocycles. The molecular formula is C18H24N2O. The highest BCUT2D eigenvalue weighted by atomic mass is 16.5. The molecule has 0 unspecified atom stereocenters. The maximum atomic E-state index is 5.96. The van der Waals surface area contributed by atoms with Gasteiger partial charge in [-0.25, -0.2) is 0 Å². The van der Waals surface area contributed by atoms with Crippen LogP contribution in [0.3, 0.4) is 0 Å². The second kappa shape index (κ2) is 7.14. The third-order valence-corrected chi connectivity index (χ3v) is 3.18. The van der Waals surface area contributed by atoms with E-state index in [1.54, 1.807) is 0 Å². The van der Waals surface area contributed by atoms with Crippen molar-refractivity contribution in [1.82, 2.24) is 5.32 Å². The molecule has 3 nitrogen and oxygen atoms in total. The molecule has 112 valence electrons. The maximum Gasteiger partial charge on any atom is 0.129 e. The minimum atomic E-state index is 0.478. The van der Waals surface area contributed by atoms with Crippen LogP contribution in [0.15, 0.2) is 48.5 Å². The molecule has 3 heteroatoms. The average Bonchev–Trinajstić information content (AvgIpc) is 2.46. The molecular weight excluding hydrogens is 260 g/mol. The fourth-order valence-corrected chi connectivity index (χ4v) is 2.00. The Hall–Kier alpha value is -2.00. The van der Waals surface area contributed by atoms with Crippen LogP contribution in [0.4, 0.5) is 5.69 Å².